The highest BCUT2D eigenvalue weighted by Gasteiger charge is 2.16. The first-order valence-electron chi connectivity index (χ1n) is 6.35. The highest BCUT2D eigenvalue weighted by molar-refractivity contribution is 4.69. The third kappa shape index (κ3) is 4.09. The molecular weight excluding hydrogens is 190 g/mol. The number of rotatable bonds is 5. The Morgan fingerprint density at radius 3 is 2.87 bits per heavy atom. The highest BCUT2D eigenvalue weighted by atomic mass is 16.5. The van der Waals surface area contributed by atoms with E-state index in [4.69, 9.17) is 9.47 Å². The first kappa shape index (κ1) is 11.4. The van der Waals surface area contributed by atoms with E-state index in [2.05, 4.69) is 5.32 Å². The van der Waals surface area contributed by atoms with Gasteiger partial charge in [-0.1, -0.05) is 0 Å². The predicted octanol–water partition coefficient (Wildman–Crippen LogP) is 1.57. The molecular formula is C12H23NO2. The quantitative estimate of drug-likeness (QED) is 0.703. The van der Waals surface area contributed by atoms with E-state index in [1.807, 2.05) is 0 Å². The molecule has 2 rings (SSSR count). The topological polar surface area (TPSA) is 30.5 Å². The maximum atomic E-state index is 5.69. The van der Waals surface area contributed by atoms with Crippen molar-refractivity contribution in [3.8, 4) is 0 Å². The van der Waals surface area contributed by atoms with Gasteiger partial charge in [-0.25, -0.2) is 0 Å². The molecule has 2 fully saturated rings. The summed E-state index contributed by atoms with van der Waals surface area (Å²) < 4.78 is 11.0. The highest BCUT2D eigenvalue weighted by Crippen LogP contribution is 2.15. The van der Waals surface area contributed by atoms with Gasteiger partial charge in [0.1, 0.15) is 0 Å². The molecule has 0 saturated carbocycles. The lowest BCUT2D eigenvalue weighted by molar-refractivity contribution is 0.0114. The molecule has 1 N–H and O–H groups in total. The van der Waals surface area contributed by atoms with E-state index in [1.165, 1.54) is 32.1 Å². The van der Waals surface area contributed by atoms with Gasteiger partial charge in [-0.05, 0) is 44.6 Å². The van der Waals surface area contributed by atoms with Crippen molar-refractivity contribution in [2.75, 3.05) is 32.9 Å². The summed E-state index contributed by atoms with van der Waals surface area (Å²) >= 11 is 0. The molecule has 2 heterocycles. The van der Waals surface area contributed by atoms with E-state index in [1.54, 1.807) is 0 Å². The Labute approximate surface area is 92.5 Å². The molecule has 0 bridgehead atoms. The lowest BCUT2D eigenvalue weighted by Gasteiger charge is -2.22. The minimum atomic E-state index is 0.520. The fraction of sp³-hybridized carbons (Fsp3) is 1.00. The van der Waals surface area contributed by atoms with Gasteiger partial charge in [-0.3, -0.25) is 0 Å². The Morgan fingerprint density at radius 2 is 2.13 bits per heavy atom. The first-order valence-corrected chi connectivity index (χ1v) is 6.35. The van der Waals surface area contributed by atoms with E-state index in [-0.39, 0.29) is 0 Å². The zero-order chi connectivity index (χ0) is 10.3. The summed E-state index contributed by atoms with van der Waals surface area (Å²) in [5.74, 6) is 0.747. The molecule has 0 radical (unpaired) electrons. The lowest BCUT2D eigenvalue weighted by atomic mass is 10.1. The molecule has 2 aliphatic heterocycles. The number of hydrogen-bond donors (Lipinski definition) is 1. The summed E-state index contributed by atoms with van der Waals surface area (Å²) in [7, 11) is 0. The van der Waals surface area contributed by atoms with E-state index in [0.717, 1.165) is 38.8 Å². The Balaban J connectivity index is 1.47. The summed E-state index contributed by atoms with van der Waals surface area (Å²) in [6.45, 7) is 5.10. The molecule has 0 aliphatic carbocycles. The standard InChI is InChI=1S/C12H23NO2/c1-2-7-15-12(3-1)4-6-13-9-11-5-8-14-10-11/h11-13H,1-10H2. The zero-order valence-electron chi connectivity index (χ0n) is 9.54. The third-order valence-corrected chi connectivity index (χ3v) is 3.37. The molecule has 0 spiro atoms. The molecule has 3 heteroatoms. The van der Waals surface area contributed by atoms with Gasteiger partial charge in [-0.15, -0.1) is 0 Å². The zero-order valence-corrected chi connectivity index (χ0v) is 9.54. The fourth-order valence-corrected chi connectivity index (χ4v) is 2.35. The average Bonchev–Trinajstić information content (AvgIpc) is 2.79. The molecule has 0 aromatic carbocycles. The summed E-state index contributed by atoms with van der Waals surface area (Å²) in [4.78, 5) is 0. The van der Waals surface area contributed by atoms with Crippen molar-refractivity contribution >= 4 is 0 Å². The van der Waals surface area contributed by atoms with Gasteiger partial charge in [0.15, 0.2) is 0 Å². The van der Waals surface area contributed by atoms with Crippen LogP contribution in [0.2, 0.25) is 0 Å². The van der Waals surface area contributed by atoms with Crippen molar-refractivity contribution in [3.05, 3.63) is 0 Å². The van der Waals surface area contributed by atoms with Crippen LogP contribution in [0.5, 0.6) is 0 Å². The van der Waals surface area contributed by atoms with Crippen LogP contribution in [0, 0.1) is 5.92 Å². The maximum Gasteiger partial charge on any atom is 0.0587 e. The second-order valence-electron chi connectivity index (χ2n) is 4.71. The molecule has 3 nitrogen and oxygen atoms in total. The van der Waals surface area contributed by atoms with Gasteiger partial charge in [0.25, 0.3) is 0 Å². The molecule has 0 aromatic heterocycles. The summed E-state index contributed by atoms with van der Waals surface area (Å²) in [6, 6.07) is 0. The van der Waals surface area contributed by atoms with Gasteiger partial charge in [0, 0.05) is 19.8 Å². The molecule has 2 aliphatic rings. The number of hydrogen-bond acceptors (Lipinski definition) is 3. The van der Waals surface area contributed by atoms with E-state index >= 15 is 0 Å². The smallest absolute Gasteiger partial charge is 0.0587 e. The van der Waals surface area contributed by atoms with Gasteiger partial charge < -0.3 is 14.8 Å². The van der Waals surface area contributed by atoms with Crippen LogP contribution in [-0.4, -0.2) is 39.0 Å². The van der Waals surface area contributed by atoms with Crippen LogP contribution < -0.4 is 5.32 Å². The summed E-state index contributed by atoms with van der Waals surface area (Å²) in [6.07, 6.45) is 6.78. The van der Waals surface area contributed by atoms with E-state index in [9.17, 15) is 0 Å². The monoisotopic (exact) mass is 213 g/mol. The van der Waals surface area contributed by atoms with Crippen LogP contribution in [0.4, 0.5) is 0 Å². The van der Waals surface area contributed by atoms with Crippen LogP contribution >= 0.6 is 0 Å². The molecule has 88 valence electrons. The average molecular weight is 213 g/mol. The summed E-state index contributed by atoms with van der Waals surface area (Å²) in [5.41, 5.74) is 0. The van der Waals surface area contributed by atoms with Crippen molar-refractivity contribution in [3.63, 3.8) is 0 Å². The van der Waals surface area contributed by atoms with Gasteiger partial charge in [-0.2, -0.15) is 0 Å². The van der Waals surface area contributed by atoms with Crippen molar-refractivity contribution in [2.24, 2.45) is 5.92 Å². The second kappa shape index (κ2) is 6.46. The predicted molar refractivity (Wildman–Crippen MR) is 60.0 cm³/mol. The Hall–Kier alpha value is -0.120. The molecule has 0 amide bonds. The molecule has 2 atom stereocenters. The van der Waals surface area contributed by atoms with Crippen molar-refractivity contribution in [2.45, 2.75) is 38.2 Å². The van der Waals surface area contributed by atoms with Crippen molar-refractivity contribution < 1.29 is 9.47 Å². The third-order valence-electron chi connectivity index (χ3n) is 3.37. The minimum absolute atomic E-state index is 0.520. The van der Waals surface area contributed by atoms with Crippen molar-refractivity contribution in [1.82, 2.24) is 5.32 Å². The lowest BCUT2D eigenvalue weighted by Crippen LogP contribution is -2.28. The molecule has 2 unspecified atom stereocenters. The van der Waals surface area contributed by atoms with E-state index < -0.39 is 0 Å². The van der Waals surface area contributed by atoms with Crippen LogP contribution in [0.1, 0.15) is 32.1 Å². The van der Waals surface area contributed by atoms with Crippen LogP contribution in [0.25, 0.3) is 0 Å². The normalized spacial score (nSPS) is 32.0. The Kier molecular flexibility index (Phi) is 4.90. The fourth-order valence-electron chi connectivity index (χ4n) is 2.35. The molecule has 2 saturated heterocycles. The van der Waals surface area contributed by atoms with Crippen LogP contribution in [0.3, 0.4) is 0 Å². The Bertz CT molecular complexity index is 163. The SMILES string of the molecule is C1CCC(CCNCC2CCOC2)OC1. The van der Waals surface area contributed by atoms with Gasteiger partial charge in [0.05, 0.1) is 12.7 Å². The largest absolute Gasteiger partial charge is 0.381 e. The second-order valence-corrected chi connectivity index (χ2v) is 4.71. The number of ether oxygens (including phenoxy) is 2. The van der Waals surface area contributed by atoms with Gasteiger partial charge >= 0.3 is 0 Å². The first-order chi connectivity index (χ1) is 7.45. The maximum absolute atomic E-state index is 5.69. The van der Waals surface area contributed by atoms with Crippen molar-refractivity contribution in [1.29, 1.82) is 0 Å². The minimum Gasteiger partial charge on any atom is -0.381 e. The van der Waals surface area contributed by atoms with E-state index in [0.29, 0.717) is 6.10 Å². The van der Waals surface area contributed by atoms with Gasteiger partial charge in [0.2, 0.25) is 0 Å². The molecule has 15 heavy (non-hydrogen) atoms. The Morgan fingerprint density at radius 1 is 1.13 bits per heavy atom. The van der Waals surface area contributed by atoms with Crippen LogP contribution in [0.15, 0.2) is 0 Å². The molecule has 0 aromatic rings. The summed E-state index contributed by atoms with van der Waals surface area (Å²) in [5, 5.41) is 3.51. The number of nitrogens with one attached hydrogen (secondary N) is 1. The van der Waals surface area contributed by atoms with Crippen LogP contribution in [-0.2, 0) is 9.47 Å².